The van der Waals surface area contributed by atoms with Gasteiger partial charge in [0.05, 0.1) is 54.7 Å². The molecule has 2 aliphatic carbocycles. The van der Waals surface area contributed by atoms with Crippen LogP contribution < -0.4 is 0 Å². The van der Waals surface area contributed by atoms with Gasteiger partial charge in [-0.2, -0.15) is 0 Å². The Kier molecular flexibility index (Phi) is 6.07. The van der Waals surface area contributed by atoms with Crippen molar-refractivity contribution in [1.29, 1.82) is 0 Å². The van der Waals surface area contributed by atoms with Crippen molar-refractivity contribution < 1.29 is 57.4 Å². The first-order chi connectivity index (χ1) is 19.4. The molecule has 12 nitrogen and oxygen atoms in total. The number of aliphatic hydroxyl groups is 1. The zero-order valence-corrected chi connectivity index (χ0v) is 23.4. The van der Waals surface area contributed by atoms with Crippen LogP contribution in [0.25, 0.3) is 0 Å². The molecule has 5 bridgehead atoms. The molecule has 0 aromatic carbocycles. The number of hydrogen-bond acceptors (Lipinski definition) is 12. The van der Waals surface area contributed by atoms with Gasteiger partial charge < -0.3 is 38.3 Å². The molecule has 0 amide bonds. The number of ether oxygens (including phenoxy) is 7. The van der Waals surface area contributed by atoms with E-state index in [1.165, 1.54) is 6.92 Å². The maximum absolute atomic E-state index is 13.5. The number of hydrogen-bond donors (Lipinski definition) is 1. The molecule has 41 heavy (non-hydrogen) atoms. The molecule has 7 aliphatic rings. The van der Waals surface area contributed by atoms with Crippen molar-refractivity contribution in [1.82, 2.24) is 0 Å². The summed E-state index contributed by atoms with van der Waals surface area (Å²) in [6.45, 7) is 5.40. The Morgan fingerprint density at radius 3 is 2.63 bits per heavy atom. The lowest BCUT2D eigenvalue weighted by Gasteiger charge is -2.59. The van der Waals surface area contributed by atoms with Crippen LogP contribution in [0, 0.1) is 16.7 Å². The molecule has 1 unspecified atom stereocenters. The van der Waals surface area contributed by atoms with Crippen molar-refractivity contribution in [2.24, 2.45) is 16.7 Å². The minimum atomic E-state index is -1.73. The van der Waals surface area contributed by atoms with Crippen LogP contribution >= 0.6 is 0 Å². The van der Waals surface area contributed by atoms with Crippen LogP contribution in [0.3, 0.4) is 0 Å². The van der Waals surface area contributed by atoms with Gasteiger partial charge in [0.15, 0.2) is 11.9 Å². The Bertz CT molecular complexity index is 1220. The Labute approximate surface area is 236 Å². The zero-order valence-electron chi connectivity index (χ0n) is 23.4. The predicted octanol–water partition coefficient (Wildman–Crippen LogP) is 0.901. The molecule has 6 fully saturated rings. The molecule has 3 spiro atoms. The third-order valence-corrected chi connectivity index (χ3v) is 11.0. The highest BCUT2D eigenvalue weighted by atomic mass is 16.7. The monoisotopic (exact) mass is 576 g/mol. The van der Waals surface area contributed by atoms with E-state index in [4.69, 9.17) is 33.2 Å². The van der Waals surface area contributed by atoms with E-state index in [9.17, 15) is 24.3 Å². The summed E-state index contributed by atoms with van der Waals surface area (Å²) in [7, 11) is 0. The third-order valence-electron chi connectivity index (χ3n) is 11.0. The van der Waals surface area contributed by atoms with E-state index < -0.39 is 82.3 Å². The molecule has 11 atom stereocenters. The molecule has 12 heteroatoms. The summed E-state index contributed by atoms with van der Waals surface area (Å²) < 4.78 is 42.3. The molecular formula is C29H36O12. The van der Waals surface area contributed by atoms with Crippen LogP contribution in [0.15, 0.2) is 11.6 Å². The van der Waals surface area contributed by atoms with Crippen molar-refractivity contribution in [2.45, 2.75) is 107 Å². The summed E-state index contributed by atoms with van der Waals surface area (Å²) >= 11 is 0. The van der Waals surface area contributed by atoms with Gasteiger partial charge in [0.1, 0.15) is 24.4 Å². The molecule has 1 N–H and O–H groups in total. The molecular weight excluding hydrogens is 540 g/mol. The van der Waals surface area contributed by atoms with E-state index in [2.05, 4.69) is 0 Å². The van der Waals surface area contributed by atoms with E-state index in [-0.39, 0.29) is 45.0 Å². The van der Waals surface area contributed by atoms with Gasteiger partial charge in [0, 0.05) is 26.2 Å². The fourth-order valence-electron chi connectivity index (χ4n) is 8.61. The number of epoxide rings is 1. The predicted molar refractivity (Wildman–Crippen MR) is 134 cm³/mol. The van der Waals surface area contributed by atoms with E-state index in [1.807, 2.05) is 19.9 Å². The van der Waals surface area contributed by atoms with E-state index >= 15 is 0 Å². The van der Waals surface area contributed by atoms with Gasteiger partial charge in [-0.05, 0) is 25.3 Å². The second-order valence-corrected chi connectivity index (χ2v) is 12.9. The smallest absolute Gasteiger partial charge is 0.335 e. The largest absolute Gasteiger partial charge is 0.463 e. The van der Waals surface area contributed by atoms with Crippen molar-refractivity contribution in [2.75, 3.05) is 19.8 Å². The van der Waals surface area contributed by atoms with Gasteiger partial charge in [-0.15, -0.1) is 0 Å². The average Bonchev–Trinajstić information content (AvgIpc) is 3.60. The number of fused-ring (bicyclic) bond motifs is 2. The third kappa shape index (κ3) is 3.70. The summed E-state index contributed by atoms with van der Waals surface area (Å²) in [6, 6.07) is 0. The maximum atomic E-state index is 13.5. The lowest BCUT2D eigenvalue weighted by molar-refractivity contribution is -0.243. The number of carbonyl (C=O) groups is 4. The van der Waals surface area contributed by atoms with Gasteiger partial charge in [-0.1, -0.05) is 13.0 Å². The molecule has 0 aromatic heterocycles. The first-order valence-electron chi connectivity index (χ1n) is 14.5. The Morgan fingerprint density at radius 2 is 1.90 bits per heavy atom. The van der Waals surface area contributed by atoms with E-state index in [1.54, 1.807) is 0 Å². The van der Waals surface area contributed by atoms with E-state index in [0.717, 1.165) is 5.57 Å². The summed E-state index contributed by atoms with van der Waals surface area (Å²) in [5.41, 5.74) is -1.95. The van der Waals surface area contributed by atoms with Crippen molar-refractivity contribution >= 4 is 23.7 Å². The first kappa shape index (κ1) is 27.5. The highest BCUT2D eigenvalue weighted by Gasteiger charge is 2.83. The van der Waals surface area contributed by atoms with Crippen molar-refractivity contribution in [3.8, 4) is 0 Å². The minimum absolute atomic E-state index is 0.0848. The summed E-state index contributed by atoms with van der Waals surface area (Å²) in [5.74, 6) is -5.12. The summed E-state index contributed by atoms with van der Waals surface area (Å²) in [4.78, 5) is 52.4. The maximum Gasteiger partial charge on any atom is 0.335 e. The fraction of sp³-hybridized carbons (Fsp3) is 0.793. The molecule has 5 heterocycles. The lowest BCUT2D eigenvalue weighted by Crippen LogP contribution is -2.68. The van der Waals surface area contributed by atoms with Crippen LogP contribution in [0.5, 0.6) is 0 Å². The zero-order chi connectivity index (χ0) is 28.9. The molecule has 5 saturated heterocycles. The minimum Gasteiger partial charge on any atom is -0.463 e. The number of carbonyl (C=O) groups excluding carboxylic acids is 4. The van der Waals surface area contributed by atoms with Crippen LogP contribution in [-0.4, -0.2) is 96.6 Å². The molecule has 7 rings (SSSR count). The summed E-state index contributed by atoms with van der Waals surface area (Å²) in [5, 5.41) is 11.1. The highest BCUT2D eigenvalue weighted by Crippen LogP contribution is 2.72. The second-order valence-electron chi connectivity index (χ2n) is 12.9. The van der Waals surface area contributed by atoms with Gasteiger partial charge in [-0.25, -0.2) is 4.79 Å². The lowest BCUT2D eigenvalue weighted by atomic mass is 9.51. The van der Waals surface area contributed by atoms with Gasteiger partial charge >= 0.3 is 17.9 Å². The van der Waals surface area contributed by atoms with Crippen molar-refractivity contribution in [3.63, 3.8) is 0 Å². The number of esters is 3. The number of aliphatic hydroxyl groups excluding tert-OH is 1. The van der Waals surface area contributed by atoms with Gasteiger partial charge in [0.2, 0.25) is 5.79 Å². The topological polar surface area (TPSA) is 156 Å². The molecule has 0 aromatic rings. The summed E-state index contributed by atoms with van der Waals surface area (Å²) in [6.07, 6.45) is -1.48. The molecule has 5 aliphatic heterocycles. The SMILES string of the molecule is CC(=O)O[C@H]1C[C@@]23COC(=O)[C@@H](O)[C@H]4CCO[C@@]5(CC[C@H](CC(=O)O[C@@H]6C[C@@H](O[C@@H]2C=C1C)C1(CO1)[C@]63C)O5)C4=O. The quantitative estimate of drug-likeness (QED) is 0.204. The number of Topliss-reactive ketones (excluding diaryl/α,β-unsaturated/α-hetero) is 1. The van der Waals surface area contributed by atoms with Crippen LogP contribution in [0.2, 0.25) is 0 Å². The number of rotatable bonds is 1. The van der Waals surface area contributed by atoms with Gasteiger partial charge in [0.25, 0.3) is 0 Å². The van der Waals surface area contributed by atoms with E-state index in [0.29, 0.717) is 19.4 Å². The molecule has 1 saturated carbocycles. The van der Waals surface area contributed by atoms with Crippen LogP contribution in [0.4, 0.5) is 0 Å². The average molecular weight is 577 g/mol. The van der Waals surface area contributed by atoms with Crippen LogP contribution in [0.1, 0.15) is 59.3 Å². The highest BCUT2D eigenvalue weighted by molar-refractivity contribution is 5.93. The first-order valence-corrected chi connectivity index (χ1v) is 14.5. The Morgan fingerprint density at radius 1 is 1.12 bits per heavy atom. The van der Waals surface area contributed by atoms with Crippen LogP contribution in [-0.2, 0) is 52.3 Å². The Hall–Kier alpha value is -2.38. The van der Waals surface area contributed by atoms with Crippen molar-refractivity contribution in [3.05, 3.63) is 11.6 Å². The standard InChI is InChI=1S/C29H36O12/c1-14-8-20-27(11-18(14)38-15(2)30)12-35-25(34)23(32)17-5-7-36-29(24(17)33)6-4-16(41-29)9-22(31)40-19-10-21(39-20)28(13-37-28)26(19,27)3/h8,16-21,23,32H,4-7,9-13H2,1-3H3/t16-,17-,18+,19-,20-,21-,23+,26-,27-,28?,29-/m1/s1. The fourth-order valence-corrected chi connectivity index (χ4v) is 8.61. The normalized spacial score (nSPS) is 50.6. The molecule has 0 radical (unpaired) electrons. The number of ketones is 1. The second kappa shape index (κ2) is 9.06. The Balaban J connectivity index is 1.32. The number of cyclic esters (lactones) is 1. The van der Waals surface area contributed by atoms with Gasteiger partial charge in [-0.3, -0.25) is 14.4 Å². The molecule has 224 valence electrons.